The molecule has 0 aromatic heterocycles. The number of carbonyl (C=O) groups excluding carboxylic acids is 2. The Kier molecular flexibility index (Phi) is 6.09. The Bertz CT molecular complexity index is 863. The molecule has 0 atom stereocenters. The van der Waals surface area contributed by atoms with E-state index in [1.165, 1.54) is 0 Å². The van der Waals surface area contributed by atoms with Crippen LogP contribution in [0.5, 0.6) is 0 Å². The summed E-state index contributed by atoms with van der Waals surface area (Å²) in [5.41, 5.74) is 1.14. The first-order valence-electron chi connectivity index (χ1n) is 7.50. The van der Waals surface area contributed by atoms with Crippen molar-refractivity contribution in [1.29, 1.82) is 5.26 Å². The monoisotopic (exact) mass is 398 g/mol. The van der Waals surface area contributed by atoms with Crippen molar-refractivity contribution in [1.82, 2.24) is 0 Å². The molecule has 0 bridgehead atoms. The van der Waals surface area contributed by atoms with Gasteiger partial charge in [-0.25, -0.2) is 0 Å². The second-order valence-electron chi connectivity index (χ2n) is 5.15. The van der Waals surface area contributed by atoms with Crippen LogP contribution in [0, 0.1) is 11.3 Å². The van der Waals surface area contributed by atoms with E-state index in [4.69, 9.17) is 5.26 Å². The van der Waals surface area contributed by atoms with Crippen LogP contribution in [0.3, 0.4) is 0 Å². The number of hydrogen-bond donors (Lipinski definition) is 2. The molecule has 0 aliphatic carbocycles. The largest absolute Gasteiger partial charge is 0.511 e. The van der Waals surface area contributed by atoms with E-state index >= 15 is 0 Å². The summed E-state index contributed by atoms with van der Waals surface area (Å²) < 4.78 is 0.888. The second-order valence-corrected chi connectivity index (χ2v) is 6.07. The molecule has 0 fully saturated rings. The molecule has 0 aliphatic heterocycles. The highest BCUT2D eigenvalue weighted by Gasteiger charge is 2.15. The highest BCUT2D eigenvalue weighted by Crippen LogP contribution is 2.17. The molecule has 2 aromatic carbocycles. The maximum Gasteiger partial charge on any atom is 0.269 e. The lowest BCUT2D eigenvalue weighted by Crippen LogP contribution is -2.15. The fourth-order valence-corrected chi connectivity index (χ4v) is 2.35. The summed E-state index contributed by atoms with van der Waals surface area (Å²) in [5, 5.41) is 21.1. The highest BCUT2D eigenvalue weighted by molar-refractivity contribution is 9.10. The summed E-state index contributed by atoms with van der Waals surface area (Å²) in [4.78, 5) is 24.4. The summed E-state index contributed by atoms with van der Waals surface area (Å²) in [5.74, 6) is -1.08. The van der Waals surface area contributed by atoms with Crippen LogP contribution in [-0.2, 0) is 4.79 Å². The fraction of sp³-hybridized carbons (Fsp3) is 0.105. The van der Waals surface area contributed by atoms with E-state index in [0.29, 0.717) is 16.8 Å². The minimum absolute atomic E-state index is 0.133. The van der Waals surface area contributed by atoms with Crippen molar-refractivity contribution >= 4 is 33.3 Å². The zero-order chi connectivity index (χ0) is 18.4. The lowest BCUT2D eigenvalue weighted by Gasteiger charge is -2.07. The van der Waals surface area contributed by atoms with E-state index < -0.39 is 5.91 Å². The standard InChI is InChI=1S/C19H15BrN2O3/c1-2-17(23)16(11-21)19(25)22-15-9-5-13(6-10-15)18(24)12-3-7-14(20)8-4-12/h3-10,23H,2H2,1H3,(H,22,25)/b17-16-. The van der Waals surface area contributed by atoms with Crippen molar-refractivity contribution in [3.63, 3.8) is 0 Å². The van der Waals surface area contributed by atoms with E-state index in [1.54, 1.807) is 61.5 Å². The topological polar surface area (TPSA) is 90.2 Å². The van der Waals surface area contributed by atoms with Crippen LogP contribution in [0.15, 0.2) is 64.3 Å². The van der Waals surface area contributed by atoms with Crippen LogP contribution in [0.4, 0.5) is 5.69 Å². The number of aliphatic hydroxyl groups excluding tert-OH is 1. The van der Waals surface area contributed by atoms with Crippen LogP contribution < -0.4 is 5.32 Å². The number of anilines is 1. The third-order valence-corrected chi connectivity index (χ3v) is 4.00. The smallest absolute Gasteiger partial charge is 0.269 e. The zero-order valence-corrected chi connectivity index (χ0v) is 15.0. The lowest BCUT2D eigenvalue weighted by atomic mass is 10.0. The van der Waals surface area contributed by atoms with Crippen molar-refractivity contribution in [3.8, 4) is 6.07 Å². The molecule has 0 radical (unpaired) electrons. The van der Waals surface area contributed by atoms with Crippen LogP contribution in [-0.4, -0.2) is 16.8 Å². The molecule has 1 amide bonds. The number of amides is 1. The Balaban J connectivity index is 2.15. The Labute approximate surface area is 153 Å². The molecule has 0 saturated heterocycles. The number of benzene rings is 2. The molecular weight excluding hydrogens is 384 g/mol. The quantitative estimate of drug-likeness (QED) is 0.338. The van der Waals surface area contributed by atoms with E-state index in [2.05, 4.69) is 21.2 Å². The van der Waals surface area contributed by atoms with Crippen LogP contribution in [0.25, 0.3) is 0 Å². The van der Waals surface area contributed by atoms with Gasteiger partial charge in [-0.2, -0.15) is 5.26 Å². The normalized spacial score (nSPS) is 11.2. The number of ketones is 1. The van der Waals surface area contributed by atoms with E-state index in [-0.39, 0.29) is 23.5 Å². The van der Waals surface area contributed by atoms with Crippen molar-refractivity contribution in [3.05, 3.63) is 75.5 Å². The van der Waals surface area contributed by atoms with Gasteiger partial charge in [-0.05, 0) is 48.5 Å². The van der Waals surface area contributed by atoms with Gasteiger partial charge >= 0.3 is 0 Å². The van der Waals surface area contributed by atoms with Crippen molar-refractivity contribution in [2.45, 2.75) is 13.3 Å². The van der Waals surface area contributed by atoms with Gasteiger partial charge in [0.2, 0.25) is 0 Å². The molecule has 0 unspecified atom stereocenters. The van der Waals surface area contributed by atoms with Gasteiger partial charge in [0.15, 0.2) is 11.4 Å². The number of aliphatic hydroxyl groups is 1. The third kappa shape index (κ3) is 4.55. The van der Waals surface area contributed by atoms with Crippen LogP contribution in [0.1, 0.15) is 29.3 Å². The van der Waals surface area contributed by atoms with Gasteiger partial charge in [0.1, 0.15) is 11.8 Å². The molecule has 126 valence electrons. The van der Waals surface area contributed by atoms with Gasteiger partial charge < -0.3 is 10.4 Å². The van der Waals surface area contributed by atoms with Crippen LogP contribution >= 0.6 is 15.9 Å². The number of halogens is 1. The maximum absolute atomic E-state index is 12.4. The third-order valence-electron chi connectivity index (χ3n) is 3.47. The van der Waals surface area contributed by atoms with Gasteiger partial charge in [0.05, 0.1) is 0 Å². The molecular formula is C19H15BrN2O3. The molecule has 0 spiro atoms. The minimum Gasteiger partial charge on any atom is -0.511 e. The fourth-order valence-electron chi connectivity index (χ4n) is 2.09. The first kappa shape index (κ1) is 18.4. The number of nitrogens with zero attached hydrogens (tertiary/aromatic N) is 1. The lowest BCUT2D eigenvalue weighted by molar-refractivity contribution is -0.112. The Hall–Kier alpha value is -2.91. The summed E-state index contributed by atoms with van der Waals surface area (Å²) in [6.45, 7) is 1.64. The first-order valence-corrected chi connectivity index (χ1v) is 8.29. The summed E-state index contributed by atoms with van der Waals surface area (Å²) in [6.07, 6.45) is 0.191. The summed E-state index contributed by atoms with van der Waals surface area (Å²) in [7, 11) is 0. The Morgan fingerprint density at radius 1 is 1.08 bits per heavy atom. The summed E-state index contributed by atoms with van der Waals surface area (Å²) >= 11 is 3.32. The SMILES string of the molecule is CC/C(O)=C(\C#N)C(=O)Nc1ccc(C(=O)c2ccc(Br)cc2)cc1. The number of carbonyl (C=O) groups is 2. The molecule has 2 rings (SSSR count). The molecule has 2 N–H and O–H groups in total. The number of allylic oxidation sites excluding steroid dienone is 1. The molecule has 2 aromatic rings. The van der Waals surface area contributed by atoms with E-state index in [9.17, 15) is 14.7 Å². The average molecular weight is 399 g/mol. The second kappa shape index (κ2) is 8.27. The number of rotatable bonds is 5. The Morgan fingerprint density at radius 3 is 2.08 bits per heavy atom. The molecule has 0 aliphatic rings. The molecule has 5 nitrogen and oxygen atoms in total. The molecule has 6 heteroatoms. The van der Waals surface area contributed by atoms with Crippen molar-refractivity contribution in [2.75, 3.05) is 5.32 Å². The maximum atomic E-state index is 12.4. The number of hydrogen-bond acceptors (Lipinski definition) is 4. The van der Waals surface area contributed by atoms with Gasteiger partial charge in [-0.15, -0.1) is 0 Å². The molecule has 25 heavy (non-hydrogen) atoms. The highest BCUT2D eigenvalue weighted by atomic mass is 79.9. The zero-order valence-electron chi connectivity index (χ0n) is 13.4. The van der Waals surface area contributed by atoms with Gasteiger partial charge in [-0.1, -0.05) is 22.9 Å². The van der Waals surface area contributed by atoms with E-state index in [0.717, 1.165) is 4.47 Å². The molecule has 0 saturated carbocycles. The van der Waals surface area contributed by atoms with Crippen LogP contribution in [0.2, 0.25) is 0 Å². The van der Waals surface area contributed by atoms with Gasteiger partial charge in [0.25, 0.3) is 5.91 Å². The predicted molar refractivity (Wildman–Crippen MR) is 98.2 cm³/mol. The van der Waals surface area contributed by atoms with Crippen molar-refractivity contribution in [2.24, 2.45) is 0 Å². The van der Waals surface area contributed by atoms with E-state index in [1.807, 2.05) is 0 Å². The number of nitrogens with one attached hydrogen (secondary N) is 1. The van der Waals surface area contributed by atoms with Gasteiger partial charge in [-0.3, -0.25) is 9.59 Å². The predicted octanol–water partition coefficient (Wildman–Crippen LogP) is 4.36. The van der Waals surface area contributed by atoms with Gasteiger partial charge in [0, 0.05) is 27.7 Å². The molecule has 0 heterocycles. The number of nitriles is 1. The minimum atomic E-state index is -0.686. The Morgan fingerprint density at radius 2 is 1.60 bits per heavy atom. The average Bonchev–Trinajstić information content (AvgIpc) is 2.62. The summed E-state index contributed by atoms with van der Waals surface area (Å²) in [6, 6.07) is 15.0. The first-order chi connectivity index (χ1) is 12.0. The van der Waals surface area contributed by atoms with Crippen molar-refractivity contribution < 1.29 is 14.7 Å².